The summed E-state index contributed by atoms with van der Waals surface area (Å²) >= 11 is 0. The molecule has 6 nitrogen and oxygen atoms in total. The Hall–Kier alpha value is -3.41. The minimum absolute atomic E-state index is 0.0362. The number of benzene rings is 2. The van der Waals surface area contributed by atoms with Crippen LogP contribution < -0.4 is 5.32 Å². The zero-order valence-corrected chi connectivity index (χ0v) is 18.2. The first-order valence-corrected chi connectivity index (χ1v) is 10.1. The molecule has 156 valence electrons. The molecule has 0 saturated carbocycles. The lowest BCUT2D eigenvalue weighted by Gasteiger charge is -2.18. The molecule has 30 heavy (non-hydrogen) atoms. The molecule has 3 rings (SSSR count). The van der Waals surface area contributed by atoms with Gasteiger partial charge in [-0.05, 0) is 50.5 Å². The van der Waals surface area contributed by atoms with Crippen molar-refractivity contribution in [2.45, 2.75) is 34.1 Å². The number of nitrogens with one attached hydrogen (secondary N) is 1. The topological polar surface area (TPSA) is 67.2 Å². The average molecular weight is 405 g/mol. The molecule has 0 bridgehead atoms. The Bertz CT molecular complexity index is 1050. The van der Waals surface area contributed by atoms with E-state index in [0.29, 0.717) is 12.0 Å². The minimum atomic E-state index is -0.229. The highest BCUT2D eigenvalue weighted by molar-refractivity contribution is 6.00. The van der Waals surface area contributed by atoms with E-state index in [1.54, 1.807) is 17.9 Å². The van der Waals surface area contributed by atoms with Gasteiger partial charge in [-0.2, -0.15) is 5.10 Å². The molecule has 1 aromatic heterocycles. The number of likely N-dealkylation sites (N-methyl/N-ethyl adjacent to an activating group) is 1. The molecule has 2 amide bonds. The number of amides is 2. The maximum atomic E-state index is 13.0. The molecule has 0 aliphatic heterocycles. The second-order valence-corrected chi connectivity index (χ2v) is 7.58. The first kappa shape index (κ1) is 21.3. The van der Waals surface area contributed by atoms with Gasteiger partial charge in [0.15, 0.2) is 0 Å². The number of hydrogen-bond donors (Lipinski definition) is 1. The van der Waals surface area contributed by atoms with E-state index in [1.807, 2.05) is 70.2 Å². The number of anilines is 1. The quantitative estimate of drug-likeness (QED) is 0.673. The van der Waals surface area contributed by atoms with Gasteiger partial charge in [0.25, 0.3) is 5.91 Å². The molecule has 0 radical (unpaired) electrons. The van der Waals surface area contributed by atoms with Crippen molar-refractivity contribution in [2.24, 2.45) is 0 Å². The lowest BCUT2D eigenvalue weighted by molar-refractivity contribution is -0.116. The average Bonchev–Trinajstić information content (AvgIpc) is 3.14. The third-order valence-corrected chi connectivity index (χ3v) is 5.19. The summed E-state index contributed by atoms with van der Waals surface area (Å²) in [5.41, 5.74) is 6.19. The summed E-state index contributed by atoms with van der Waals surface area (Å²) in [6.45, 7) is 7.88. The van der Waals surface area contributed by atoms with Gasteiger partial charge < -0.3 is 10.2 Å². The number of carbonyl (C=O) groups excluding carboxylic acids is 2. The number of nitrogens with zero attached hydrogens (tertiary/aromatic N) is 3. The summed E-state index contributed by atoms with van der Waals surface area (Å²) in [6, 6.07) is 13.8. The summed E-state index contributed by atoms with van der Waals surface area (Å²) in [4.78, 5) is 27.0. The fraction of sp³-hybridized carbons (Fsp3) is 0.292. The van der Waals surface area contributed by atoms with E-state index in [1.165, 1.54) is 4.90 Å². The van der Waals surface area contributed by atoms with Gasteiger partial charge in [-0.25, -0.2) is 4.68 Å². The fourth-order valence-electron chi connectivity index (χ4n) is 3.48. The molecule has 2 aromatic carbocycles. The second kappa shape index (κ2) is 8.95. The highest BCUT2D eigenvalue weighted by Crippen LogP contribution is 2.20. The van der Waals surface area contributed by atoms with Crippen LogP contribution >= 0.6 is 0 Å². The summed E-state index contributed by atoms with van der Waals surface area (Å²) in [6.07, 6.45) is 2.23. The SMILES string of the molecule is CCc1c(C(=O)N(C)CC(=O)Nc2c(C)cccc2C)cnn1-c1ccc(C)cc1. The molecule has 0 atom stereocenters. The molecule has 0 unspecified atom stereocenters. The number of rotatable bonds is 6. The molecule has 0 fully saturated rings. The Morgan fingerprint density at radius 3 is 2.27 bits per heavy atom. The van der Waals surface area contributed by atoms with Crippen LogP contribution in [-0.4, -0.2) is 40.1 Å². The third-order valence-electron chi connectivity index (χ3n) is 5.19. The second-order valence-electron chi connectivity index (χ2n) is 7.58. The van der Waals surface area contributed by atoms with Crippen molar-refractivity contribution in [3.63, 3.8) is 0 Å². The normalized spacial score (nSPS) is 10.7. The van der Waals surface area contributed by atoms with Crippen LogP contribution in [-0.2, 0) is 11.2 Å². The Labute approximate surface area is 177 Å². The zero-order valence-electron chi connectivity index (χ0n) is 18.2. The Kier molecular flexibility index (Phi) is 6.35. The van der Waals surface area contributed by atoms with Crippen molar-refractivity contribution in [3.8, 4) is 5.69 Å². The van der Waals surface area contributed by atoms with Crippen LogP contribution in [0.5, 0.6) is 0 Å². The number of aryl methyl sites for hydroxylation is 3. The predicted molar refractivity (Wildman–Crippen MR) is 119 cm³/mol. The van der Waals surface area contributed by atoms with E-state index in [9.17, 15) is 9.59 Å². The van der Waals surface area contributed by atoms with E-state index in [0.717, 1.165) is 33.8 Å². The van der Waals surface area contributed by atoms with E-state index in [-0.39, 0.29) is 18.4 Å². The molecule has 0 spiro atoms. The van der Waals surface area contributed by atoms with Gasteiger partial charge in [0.05, 0.1) is 29.7 Å². The van der Waals surface area contributed by atoms with Crippen molar-refractivity contribution in [1.29, 1.82) is 0 Å². The molecule has 1 heterocycles. The smallest absolute Gasteiger partial charge is 0.257 e. The molecule has 6 heteroatoms. The Morgan fingerprint density at radius 1 is 1.03 bits per heavy atom. The minimum Gasteiger partial charge on any atom is -0.332 e. The molecule has 1 N–H and O–H groups in total. The molecule has 3 aromatic rings. The van der Waals surface area contributed by atoms with Crippen LogP contribution in [0.4, 0.5) is 5.69 Å². The maximum absolute atomic E-state index is 13.0. The van der Waals surface area contributed by atoms with Crippen molar-refractivity contribution in [1.82, 2.24) is 14.7 Å². The lowest BCUT2D eigenvalue weighted by atomic mass is 10.1. The summed E-state index contributed by atoms with van der Waals surface area (Å²) < 4.78 is 1.79. The van der Waals surface area contributed by atoms with Crippen molar-refractivity contribution < 1.29 is 9.59 Å². The Morgan fingerprint density at radius 2 is 1.67 bits per heavy atom. The van der Waals surface area contributed by atoms with Gasteiger partial charge in [0, 0.05) is 12.7 Å². The van der Waals surface area contributed by atoms with Gasteiger partial charge >= 0.3 is 0 Å². The van der Waals surface area contributed by atoms with Gasteiger partial charge in [0.1, 0.15) is 0 Å². The van der Waals surface area contributed by atoms with Gasteiger partial charge in [-0.3, -0.25) is 9.59 Å². The Balaban J connectivity index is 1.76. The molecule has 0 aliphatic rings. The first-order valence-electron chi connectivity index (χ1n) is 10.1. The fourth-order valence-corrected chi connectivity index (χ4v) is 3.48. The standard InChI is InChI=1S/C24H28N4O2/c1-6-21-20(14-25-28(21)19-12-10-16(2)11-13-19)24(30)27(5)15-22(29)26-23-17(3)8-7-9-18(23)4/h7-14H,6,15H2,1-5H3,(H,26,29). The summed E-state index contributed by atoms with van der Waals surface area (Å²) in [5, 5.41) is 7.36. The van der Waals surface area contributed by atoms with E-state index >= 15 is 0 Å². The maximum Gasteiger partial charge on any atom is 0.257 e. The molecule has 0 aliphatic carbocycles. The van der Waals surface area contributed by atoms with Crippen LogP contribution in [0.25, 0.3) is 5.69 Å². The third kappa shape index (κ3) is 4.43. The van der Waals surface area contributed by atoms with E-state index in [2.05, 4.69) is 10.4 Å². The van der Waals surface area contributed by atoms with Crippen LogP contribution in [0.3, 0.4) is 0 Å². The largest absolute Gasteiger partial charge is 0.332 e. The highest BCUT2D eigenvalue weighted by atomic mass is 16.2. The summed E-state index contributed by atoms with van der Waals surface area (Å²) in [7, 11) is 1.63. The van der Waals surface area contributed by atoms with Crippen LogP contribution in [0.15, 0.2) is 48.7 Å². The van der Waals surface area contributed by atoms with Crippen LogP contribution in [0.1, 0.15) is 39.7 Å². The molecular weight excluding hydrogens is 376 g/mol. The van der Waals surface area contributed by atoms with Crippen LogP contribution in [0.2, 0.25) is 0 Å². The van der Waals surface area contributed by atoms with Gasteiger partial charge in [0.2, 0.25) is 5.91 Å². The monoisotopic (exact) mass is 404 g/mol. The highest BCUT2D eigenvalue weighted by Gasteiger charge is 2.22. The van der Waals surface area contributed by atoms with Crippen LogP contribution in [0, 0.1) is 20.8 Å². The number of carbonyl (C=O) groups is 2. The van der Waals surface area contributed by atoms with Crippen molar-refractivity contribution in [3.05, 3.63) is 76.6 Å². The zero-order chi connectivity index (χ0) is 21.8. The molecular formula is C24H28N4O2. The van der Waals surface area contributed by atoms with Crippen molar-refractivity contribution >= 4 is 17.5 Å². The lowest BCUT2D eigenvalue weighted by Crippen LogP contribution is -2.35. The summed E-state index contributed by atoms with van der Waals surface area (Å²) in [5.74, 6) is -0.450. The number of hydrogen-bond acceptors (Lipinski definition) is 3. The molecule has 0 saturated heterocycles. The van der Waals surface area contributed by atoms with E-state index < -0.39 is 0 Å². The van der Waals surface area contributed by atoms with Gasteiger partial charge in [-0.1, -0.05) is 42.8 Å². The first-order chi connectivity index (χ1) is 14.3. The number of para-hydroxylation sites is 1. The van der Waals surface area contributed by atoms with Gasteiger partial charge in [-0.15, -0.1) is 0 Å². The van der Waals surface area contributed by atoms with Crippen molar-refractivity contribution in [2.75, 3.05) is 18.9 Å². The van der Waals surface area contributed by atoms with E-state index in [4.69, 9.17) is 0 Å². The number of aromatic nitrogens is 2. The predicted octanol–water partition coefficient (Wildman–Crippen LogP) is 4.07.